The predicted octanol–water partition coefficient (Wildman–Crippen LogP) is 3.45. The predicted molar refractivity (Wildman–Crippen MR) is 73.0 cm³/mol. The third-order valence-corrected chi connectivity index (χ3v) is 2.91. The first-order chi connectivity index (χ1) is 8.13. The fourth-order valence-corrected chi connectivity index (χ4v) is 1.80. The smallest absolute Gasteiger partial charge is 0.0947 e. The van der Waals surface area contributed by atoms with Crippen molar-refractivity contribution in [1.82, 2.24) is 0 Å². The number of hydrogen-bond donors (Lipinski definition) is 1. The van der Waals surface area contributed by atoms with Gasteiger partial charge in [-0.1, -0.05) is 43.7 Å². The summed E-state index contributed by atoms with van der Waals surface area (Å²) >= 11 is 0. The molecule has 1 atom stereocenters. The molecule has 0 aliphatic rings. The van der Waals surface area contributed by atoms with Gasteiger partial charge in [0.2, 0.25) is 0 Å². The van der Waals surface area contributed by atoms with Crippen LogP contribution in [-0.4, -0.2) is 13.2 Å². The van der Waals surface area contributed by atoms with Crippen LogP contribution in [0.3, 0.4) is 0 Å². The summed E-state index contributed by atoms with van der Waals surface area (Å²) in [5.41, 5.74) is 8.21. The van der Waals surface area contributed by atoms with E-state index in [0.29, 0.717) is 6.54 Å². The van der Waals surface area contributed by atoms with Crippen molar-refractivity contribution in [2.24, 2.45) is 11.7 Å². The van der Waals surface area contributed by atoms with Gasteiger partial charge in [-0.3, -0.25) is 0 Å². The molecule has 2 N–H and O–H groups in total. The van der Waals surface area contributed by atoms with Crippen LogP contribution in [-0.2, 0) is 4.74 Å². The average molecular weight is 235 g/mol. The van der Waals surface area contributed by atoms with Gasteiger partial charge in [0.25, 0.3) is 0 Å². The Hall–Kier alpha value is -0.860. The molecule has 2 nitrogen and oxygen atoms in total. The Balaban J connectivity index is 2.40. The number of ether oxygens (including phenoxy) is 1. The van der Waals surface area contributed by atoms with Gasteiger partial charge in [-0.2, -0.15) is 0 Å². The molecule has 0 spiro atoms. The molecule has 1 rings (SSSR count). The lowest BCUT2D eigenvalue weighted by Gasteiger charge is -2.17. The Bertz CT molecular complexity index is 305. The standard InChI is InChI=1S/C15H25NO/c1-12(2)5-4-10-17-15(11-16)14-8-6-13(3)7-9-14/h6-9,12,15H,4-5,10-11,16H2,1-3H3. The van der Waals surface area contributed by atoms with Crippen molar-refractivity contribution in [3.8, 4) is 0 Å². The summed E-state index contributed by atoms with van der Waals surface area (Å²) < 4.78 is 5.84. The minimum atomic E-state index is 0.0442. The maximum absolute atomic E-state index is 5.84. The molecule has 1 aromatic carbocycles. The number of hydrogen-bond acceptors (Lipinski definition) is 2. The number of rotatable bonds is 7. The minimum absolute atomic E-state index is 0.0442. The monoisotopic (exact) mass is 235 g/mol. The molecule has 0 heterocycles. The zero-order valence-electron chi connectivity index (χ0n) is 11.3. The third kappa shape index (κ3) is 5.33. The van der Waals surface area contributed by atoms with Gasteiger partial charge in [0.15, 0.2) is 0 Å². The van der Waals surface area contributed by atoms with Crippen LogP contribution in [0.4, 0.5) is 0 Å². The second-order valence-corrected chi connectivity index (χ2v) is 5.04. The molecule has 0 bridgehead atoms. The van der Waals surface area contributed by atoms with Gasteiger partial charge in [-0.25, -0.2) is 0 Å². The summed E-state index contributed by atoms with van der Waals surface area (Å²) in [6, 6.07) is 8.43. The summed E-state index contributed by atoms with van der Waals surface area (Å²) in [7, 11) is 0. The van der Waals surface area contributed by atoms with Crippen molar-refractivity contribution in [2.45, 2.75) is 39.7 Å². The van der Waals surface area contributed by atoms with Crippen LogP contribution >= 0.6 is 0 Å². The minimum Gasteiger partial charge on any atom is -0.372 e. The van der Waals surface area contributed by atoms with E-state index in [1.54, 1.807) is 0 Å². The topological polar surface area (TPSA) is 35.2 Å². The molecule has 0 radical (unpaired) electrons. The molecule has 0 saturated carbocycles. The first kappa shape index (κ1) is 14.2. The highest BCUT2D eigenvalue weighted by molar-refractivity contribution is 5.23. The highest BCUT2D eigenvalue weighted by Crippen LogP contribution is 2.17. The van der Waals surface area contributed by atoms with Crippen LogP contribution in [0, 0.1) is 12.8 Å². The maximum atomic E-state index is 5.84. The molecule has 96 valence electrons. The van der Waals surface area contributed by atoms with Crippen LogP contribution in [0.2, 0.25) is 0 Å². The van der Waals surface area contributed by atoms with Crippen molar-refractivity contribution >= 4 is 0 Å². The fourth-order valence-electron chi connectivity index (χ4n) is 1.80. The Morgan fingerprint density at radius 2 is 1.82 bits per heavy atom. The lowest BCUT2D eigenvalue weighted by atomic mass is 10.1. The molecule has 2 heteroatoms. The number of benzene rings is 1. The molecule has 1 aromatic rings. The zero-order chi connectivity index (χ0) is 12.7. The molecule has 0 aromatic heterocycles. The molecular weight excluding hydrogens is 210 g/mol. The van der Waals surface area contributed by atoms with Crippen molar-refractivity contribution in [3.63, 3.8) is 0 Å². The van der Waals surface area contributed by atoms with E-state index >= 15 is 0 Å². The van der Waals surface area contributed by atoms with Crippen molar-refractivity contribution in [2.75, 3.05) is 13.2 Å². The van der Waals surface area contributed by atoms with Crippen LogP contribution in [0.25, 0.3) is 0 Å². The largest absolute Gasteiger partial charge is 0.372 e. The van der Waals surface area contributed by atoms with Gasteiger partial charge in [-0.05, 0) is 31.2 Å². The van der Waals surface area contributed by atoms with Crippen LogP contribution in [0.15, 0.2) is 24.3 Å². The van der Waals surface area contributed by atoms with E-state index < -0.39 is 0 Å². The number of aryl methyl sites for hydroxylation is 1. The van der Waals surface area contributed by atoms with E-state index in [-0.39, 0.29) is 6.10 Å². The molecule has 0 aliphatic heterocycles. The Labute approximate surface area is 105 Å². The highest BCUT2D eigenvalue weighted by atomic mass is 16.5. The van der Waals surface area contributed by atoms with Gasteiger partial charge < -0.3 is 10.5 Å². The summed E-state index contributed by atoms with van der Waals surface area (Å²) in [5.74, 6) is 0.745. The molecule has 0 saturated heterocycles. The lowest BCUT2D eigenvalue weighted by Crippen LogP contribution is -2.16. The van der Waals surface area contributed by atoms with E-state index in [0.717, 1.165) is 18.9 Å². The first-order valence-corrected chi connectivity index (χ1v) is 6.51. The second kappa shape index (κ2) is 7.46. The van der Waals surface area contributed by atoms with Crippen LogP contribution < -0.4 is 5.73 Å². The van der Waals surface area contributed by atoms with Crippen molar-refractivity contribution < 1.29 is 4.74 Å². The Morgan fingerprint density at radius 1 is 1.18 bits per heavy atom. The van der Waals surface area contributed by atoms with Crippen LogP contribution in [0.5, 0.6) is 0 Å². The van der Waals surface area contributed by atoms with Crippen molar-refractivity contribution in [1.29, 1.82) is 0 Å². The second-order valence-electron chi connectivity index (χ2n) is 5.04. The third-order valence-electron chi connectivity index (χ3n) is 2.91. The summed E-state index contributed by atoms with van der Waals surface area (Å²) in [5, 5.41) is 0. The highest BCUT2D eigenvalue weighted by Gasteiger charge is 2.09. The number of nitrogens with two attached hydrogens (primary N) is 1. The van der Waals surface area contributed by atoms with E-state index in [4.69, 9.17) is 10.5 Å². The summed E-state index contributed by atoms with van der Waals surface area (Å²) in [6.45, 7) is 7.91. The quantitative estimate of drug-likeness (QED) is 0.735. The van der Waals surface area contributed by atoms with Gasteiger partial charge >= 0.3 is 0 Å². The fraction of sp³-hybridized carbons (Fsp3) is 0.600. The summed E-state index contributed by atoms with van der Waals surface area (Å²) in [6.07, 6.45) is 2.37. The molecule has 17 heavy (non-hydrogen) atoms. The normalized spacial score (nSPS) is 13.0. The van der Waals surface area contributed by atoms with Gasteiger partial charge in [0, 0.05) is 13.2 Å². The van der Waals surface area contributed by atoms with E-state index in [9.17, 15) is 0 Å². The van der Waals surface area contributed by atoms with E-state index in [1.165, 1.54) is 17.5 Å². The van der Waals surface area contributed by atoms with E-state index in [2.05, 4.69) is 45.0 Å². The maximum Gasteiger partial charge on any atom is 0.0947 e. The van der Waals surface area contributed by atoms with Gasteiger partial charge in [0.05, 0.1) is 6.10 Å². The first-order valence-electron chi connectivity index (χ1n) is 6.51. The van der Waals surface area contributed by atoms with Gasteiger partial charge in [-0.15, -0.1) is 0 Å². The molecule has 0 aliphatic carbocycles. The molecular formula is C15H25NO. The van der Waals surface area contributed by atoms with E-state index in [1.807, 2.05) is 0 Å². The van der Waals surface area contributed by atoms with Crippen molar-refractivity contribution in [3.05, 3.63) is 35.4 Å². The zero-order valence-corrected chi connectivity index (χ0v) is 11.3. The molecule has 0 amide bonds. The summed E-state index contributed by atoms with van der Waals surface area (Å²) in [4.78, 5) is 0. The molecule has 1 unspecified atom stereocenters. The Morgan fingerprint density at radius 3 is 2.35 bits per heavy atom. The van der Waals surface area contributed by atoms with Gasteiger partial charge in [0.1, 0.15) is 0 Å². The lowest BCUT2D eigenvalue weighted by molar-refractivity contribution is 0.0546. The van der Waals surface area contributed by atoms with Crippen LogP contribution in [0.1, 0.15) is 43.9 Å². The average Bonchev–Trinajstić information content (AvgIpc) is 2.30. The Kier molecular flexibility index (Phi) is 6.23. The SMILES string of the molecule is Cc1ccc(C(CN)OCCCC(C)C)cc1. The molecule has 0 fully saturated rings.